The maximum absolute atomic E-state index is 12.8. The molecule has 1 aliphatic rings. The first-order valence-corrected chi connectivity index (χ1v) is 11.4. The molecule has 0 spiro atoms. The lowest BCUT2D eigenvalue weighted by Gasteiger charge is -2.15. The van der Waals surface area contributed by atoms with E-state index >= 15 is 0 Å². The molecule has 1 aromatic heterocycles. The van der Waals surface area contributed by atoms with Crippen molar-refractivity contribution >= 4 is 15.7 Å². The topological polar surface area (TPSA) is 98.1 Å². The minimum absolute atomic E-state index is 0.221. The van der Waals surface area contributed by atoms with Crippen LogP contribution in [0.1, 0.15) is 36.8 Å². The number of anilines is 1. The molecule has 4 rings (SSSR count). The molecule has 2 heterocycles. The molecule has 9 heteroatoms. The van der Waals surface area contributed by atoms with E-state index in [0.29, 0.717) is 24.1 Å². The number of aromatic nitrogens is 3. The van der Waals surface area contributed by atoms with Gasteiger partial charge in [0.25, 0.3) is 0 Å². The van der Waals surface area contributed by atoms with Crippen molar-refractivity contribution in [2.45, 2.75) is 44.7 Å². The maximum Gasteiger partial charge on any atom is 0.322 e. The fraction of sp³-hybridized carbons (Fsp3) is 0.333. The quantitative estimate of drug-likeness (QED) is 0.600. The Hall–Kier alpha value is -2.91. The number of sulfonamides is 1. The van der Waals surface area contributed by atoms with Crippen LogP contribution in [0.15, 0.2) is 47.4 Å². The minimum atomic E-state index is -3.69. The highest BCUT2D eigenvalue weighted by Gasteiger charge is 2.24. The van der Waals surface area contributed by atoms with Crippen LogP contribution in [0.4, 0.5) is 5.69 Å². The molecule has 0 fully saturated rings. The van der Waals surface area contributed by atoms with Gasteiger partial charge in [0.15, 0.2) is 5.82 Å². The molecular weight excluding hydrogens is 402 g/mol. The van der Waals surface area contributed by atoms with Crippen molar-refractivity contribution in [1.29, 1.82) is 0 Å². The van der Waals surface area contributed by atoms with Gasteiger partial charge in [0.05, 0.1) is 10.9 Å². The summed E-state index contributed by atoms with van der Waals surface area (Å²) in [5.74, 6) is 1.15. The van der Waals surface area contributed by atoms with Gasteiger partial charge < -0.3 is 10.1 Å². The molecule has 0 amide bonds. The van der Waals surface area contributed by atoms with E-state index in [1.54, 1.807) is 29.7 Å². The van der Waals surface area contributed by atoms with Gasteiger partial charge in [0.1, 0.15) is 5.75 Å². The first kappa shape index (κ1) is 20.4. The number of rotatable bonds is 7. The third-order valence-electron chi connectivity index (χ3n) is 5.08. The van der Waals surface area contributed by atoms with Crippen LogP contribution in [0, 0.1) is 6.92 Å². The average Bonchev–Trinajstić information content (AvgIpc) is 3.34. The standard InChI is InChI=1S/C21H25N5O3S/c1-4-26-20(15(3)25-30(27,28)18-7-5-6-14(2)12-18)23-24-21(26)29-17-9-8-16-10-11-22-19(16)13-17/h5-9,12-13,15,22,25H,4,10-11H2,1-3H3/t15-/m1/s1. The number of aryl methyl sites for hydroxylation is 1. The molecule has 158 valence electrons. The molecular formula is C21H25N5O3S. The van der Waals surface area contributed by atoms with Crippen LogP contribution in [-0.2, 0) is 23.0 Å². The number of nitrogens with one attached hydrogen (secondary N) is 2. The van der Waals surface area contributed by atoms with E-state index in [1.165, 1.54) is 5.56 Å². The molecule has 0 saturated carbocycles. The lowest BCUT2D eigenvalue weighted by atomic mass is 10.2. The zero-order valence-corrected chi connectivity index (χ0v) is 18.0. The van der Waals surface area contributed by atoms with Gasteiger partial charge in [0.2, 0.25) is 10.0 Å². The molecule has 3 aromatic rings. The second-order valence-corrected chi connectivity index (χ2v) is 9.06. The van der Waals surface area contributed by atoms with E-state index in [4.69, 9.17) is 4.74 Å². The Labute approximate surface area is 176 Å². The van der Waals surface area contributed by atoms with Gasteiger partial charge in [-0.25, -0.2) is 13.1 Å². The van der Waals surface area contributed by atoms with E-state index in [-0.39, 0.29) is 4.90 Å². The largest absolute Gasteiger partial charge is 0.424 e. The van der Waals surface area contributed by atoms with Gasteiger partial charge in [-0.2, -0.15) is 0 Å². The van der Waals surface area contributed by atoms with Gasteiger partial charge in [-0.1, -0.05) is 23.3 Å². The Morgan fingerprint density at radius 1 is 1.23 bits per heavy atom. The van der Waals surface area contributed by atoms with Crippen molar-refractivity contribution in [3.05, 3.63) is 59.4 Å². The SMILES string of the molecule is CCn1c(Oc2ccc3c(c2)NCC3)nnc1[C@@H](C)NS(=O)(=O)c1cccc(C)c1. The summed E-state index contributed by atoms with van der Waals surface area (Å²) in [4.78, 5) is 0.221. The molecule has 1 aliphatic heterocycles. The molecule has 0 aliphatic carbocycles. The van der Waals surface area contributed by atoms with E-state index in [1.807, 2.05) is 38.1 Å². The Balaban J connectivity index is 1.55. The Kier molecular flexibility index (Phi) is 5.48. The van der Waals surface area contributed by atoms with Crippen LogP contribution in [0.2, 0.25) is 0 Å². The summed E-state index contributed by atoms with van der Waals surface area (Å²) in [5, 5.41) is 11.7. The van der Waals surface area contributed by atoms with Crippen molar-refractivity contribution in [2.75, 3.05) is 11.9 Å². The first-order chi connectivity index (χ1) is 14.4. The number of fused-ring (bicyclic) bond motifs is 1. The molecule has 2 aromatic carbocycles. The van der Waals surface area contributed by atoms with Gasteiger partial charge in [-0.05, 0) is 56.5 Å². The van der Waals surface area contributed by atoms with Crippen molar-refractivity contribution in [3.63, 3.8) is 0 Å². The minimum Gasteiger partial charge on any atom is -0.424 e. The fourth-order valence-corrected chi connectivity index (χ4v) is 4.87. The lowest BCUT2D eigenvalue weighted by molar-refractivity contribution is 0.408. The highest BCUT2D eigenvalue weighted by molar-refractivity contribution is 7.89. The fourth-order valence-electron chi connectivity index (χ4n) is 3.57. The highest BCUT2D eigenvalue weighted by atomic mass is 32.2. The normalized spacial score (nSPS) is 14.2. The van der Waals surface area contributed by atoms with Crippen LogP contribution in [-0.4, -0.2) is 29.7 Å². The van der Waals surface area contributed by atoms with E-state index < -0.39 is 16.1 Å². The van der Waals surface area contributed by atoms with Crippen LogP contribution in [0.5, 0.6) is 11.8 Å². The van der Waals surface area contributed by atoms with Crippen molar-refractivity contribution in [1.82, 2.24) is 19.5 Å². The highest BCUT2D eigenvalue weighted by Crippen LogP contribution is 2.30. The lowest BCUT2D eigenvalue weighted by Crippen LogP contribution is -2.29. The Bertz CT molecular complexity index is 1170. The van der Waals surface area contributed by atoms with Crippen LogP contribution < -0.4 is 14.8 Å². The monoisotopic (exact) mass is 427 g/mol. The van der Waals surface area contributed by atoms with Gasteiger partial charge >= 0.3 is 6.01 Å². The third-order valence-corrected chi connectivity index (χ3v) is 6.62. The van der Waals surface area contributed by atoms with E-state index in [2.05, 4.69) is 20.2 Å². The Morgan fingerprint density at radius 2 is 2.07 bits per heavy atom. The van der Waals surface area contributed by atoms with Gasteiger partial charge in [0, 0.05) is 24.8 Å². The predicted octanol–water partition coefficient (Wildman–Crippen LogP) is 3.41. The smallest absolute Gasteiger partial charge is 0.322 e. The molecule has 30 heavy (non-hydrogen) atoms. The number of hydrogen-bond donors (Lipinski definition) is 2. The molecule has 0 bridgehead atoms. The predicted molar refractivity (Wildman–Crippen MR) is 114 cm³/mol. The van der Waals surface area contributed by atoms with Crippen LogP contribution in [0.3, 0.4) is 0 Å². The van der Waals surface area contributed by atoms with Crippen molar-refractivity contribution in [2.24, 2.45) is 0 Å². The van der Waals surface area contributed by atoms with Crippen molar-refractivity contribution < 1.29 is 13.2 Å². The number of nitrogens with zero attached hydrogens (tertiary/aromatic N) is 3. The summed E-state index contributed by atoms with van der Waals surface area (Å²) in [6.45, 7) is 7.00. The first-order valence-electron chi connectivity index (χ1n) is 9.94. The summed E-state index contributed by atoms with van der Waals surface area (Å²) >= 11 is 0. The molecule has 1 atom stereocenters. The Morgan fingerprint density at radius 3 is 2.83 bits per heavy atom. The molecule has 2 N–H and O–H groups in total. The van der Waals surface area contributed by atoms with Gasteiger partial charge in [-0.3, -0.25) is 4.57 Å². The second-order valence-electron chi connectivity index (χ2n) is 7.34. The van der Waals surface area contributed by atoms with Crippen LogP contribution >= 0.6 is 0 Å². The maximum atomic E-state index is 12.8. The number of benzene rings is 2. The summed E-state index contributed by atoms with van der Waals surface area (Å²) in [6.07, 6.45) is 1.00. The van der Waals surface area contributed by atoms with E-state index in [0.717, 1.165) is 24.2 Å². The zero-order chi connectivity index (χ0) is 21.3. The number of ether oxygens (including phenoxy) is 1. The molecule has 8 nitrogen and oxygen atoms in total. The number of hydrogen-bond acceptors (Lipinski definition) is 6. The molecule has 0 unspecified atom stereocenters. The summed E-state index contributed by atoms with van der Waals surface area (Å²) in [6, 6.07) is 12.4. The van der Waals surface area contributed by atoms with Gasteiger partial charge in [-0.15, -0.1) is 5.10 Å². The van der Waals surface area contributed by atoms with E-state index in [9.17, 15) is 8.42 Å². The zero-order valence-electron chi connectivity index (χ0n) is 17.2. The summed E-state index contributed by atoms with van der Waals surface area (Å²) in [7, 11) is -3.69. The second kappa shape index (κ2) is 8.08. The van der Waals surface area contributed by atoms with Crippen molar-refractivity contribution in [3.8, 4) is 11.8 Å². The average molecular weight is 428 g/mol. The summed E-state index contributed by atoms with van der Waals surface area (Å²) < 4.78 is 35.9. The third kappa shape index (κ3) is 4.03. The molecule has 0 radical (unpaired) electrons. The summed E-state index contributed by atoms with van der Waals surface area (Å²) in [5.41, 5.74) is 3.20. The van der Waals surface area contributed by atoms with Crippen LogP contribution in [0.25, 0.3) is 0 Å². The molecule has 0 saturated heterocycles.